The Hall–Kier alpha value is 0.170. The van der Waals surface area contributed by atoms with Gasteiger partial charge >= 0.3 is 0 Å². The molecule has 3 N–H and O–H groups in total. The molecule has 11 heavy (non-hydrogen) atoms. The van der Waals surface area contributed by atoms with Crippen molar-refractivity contribution >= 4 is 26.8 Å². The van der Waals surface area contributed by atoms with Crippen LogP contribution in [-0.4, -0.2) is 10.4 Å². The predicted octanol–water partition coefficient (Wildman–Crippen LogP) is 2.59. The highest BCUT2D eigenvalue weighted by molar-refractivity contribution is 8.82. The van der Waals surface area contributed by atoms with Crippen LogP contribution in [0.1, 0.15) is 32.1 Å². The average molecular weight is 190 g/mol. The van der Waals surface area contributed by atoms with Crippen LogP contribution >= 0.6 is 21.6 Å². The Bertz CT molecular complexity index is 132. The van der Waals surface area contributed by atoms with E-state index in [4.69, 9.17) is 11.1 Å². The normalized spacial score (nSPS) is 20.0. The summed E-state index contributed by atoms with van der Waals surface area (Å²) >= 11 is 0. The van der Waals surface area contributed by atoms with Crippen LogP contribution in [0, 0.1) is 5.41 Å². The van der Waals surface area contributed by atoms with Crippen molar-refractivity contribution in [1.82, 2.24) is 0 Å². The molecule has 0 spiro atoms. The lowest BCUT2D eigenvalue weighted by Crippen LogP contribution is -2.09. The minimum atomic E-state index is 0.237. The van der Waals surface area contributed by atoms with Gasteiger partial charge in [0.15, 0.2) is 5.17 Å². The fourth-order valence-electron chi connectivity index (χ4n) is 1.28. The summed E-state index contributed by atoms with van der Waals surface area (Å²) in [6, 6.07) is 0. The molecule has 0 saturated heterocycles. The first-order valence-corrected chi connectivity index (χ1v) is 6.17. The van der Waals surface area contributed by atoms with E-state index in [2.05, 4.69) is 0 Å². The average Bonchev–Trinajstić information content (AvgIpc) is 2.03. The molecule has 0 aromatic rings. The highest BCUT2D eigenvalue weighted by Crippen LogP contribution is 2.35. The Balaban J connectivity index is 2.09. The zero-order valence-corrected chi connectivity index (χ0v) is 8.14. The Morgan fingerprint density at radius 1 is 1.27 bits per heavy atom. The van der Waals surface area contributed by atoms with E-state index >= 15 is 0 Å². The SMILES string of the molecule is N=C(N)SSC1CCCCC1. The van der Waals surface area contributed by atoms with Gasteiger partial charge in [0, 0.05) is 5.25 Å². The van der Waals surface area contributed by atoms with Crippen LogP contribution in [0.4, 0.5) is 0 Å². The first kappa shape index (κ1) is 9.26. The molecule has 64 valence electrons. The molecule has 0 radical (unpaired) electrons. The molecule has 1 aliphatic carbocycles. The Morgan fingerprint density at radius 3 is 2.45 bits per heavy atom. The lowest BCUT2D eigenvalue weighted by atomic mass is 10.0. The van der Waals surface area contributed by atoms with Crippen LogP contribution in [0.5, 0.6) is 0 Å². The van der Waals surface area contributed by atoms with Gasteiger partial charge < -0.3 is 5.73 Å². The maximum absolute atomic E-state index is 7.03. The van der Waals surface area contributed by atoms with Crippen LogP contribution in [0.15, 0.2) is 0 Å². The first-order chi connectivity index (χ1) is 5.29. The largest absolute Gasteiger partial charge is 0.378 e. The molecule has 1 saturated carbocycles. The van der Waals surface area contributed by atoms with Gasteiger partial charge in [0.25, 0.3) is 0 Å². The number of rotatable bonds is 2. The number of nitrogens with two attached hydrogens (primary N) is 1. The van der Waals surface area contributed by atoms with Gasteiger partial charge in [0.05, 0.1) is 0 Å². The molecule has 0 heterocycles. The third-order valence-corrected chi connectivity index (χ3v) is 4.49. The molecule has 0 amide bonds. The molecular weight excluding hydrogens is 176 g/mol. The maximum Gasteiger partial charge on any atom is 0.161 e. The number of nitrogens with one attached hydrogen (secondary N) is 1. The molecular formula is C7H14N2S2. The van der Waals surface area contributed by atoms with Gasteiger partial charge in [-0.15, -0.1) is 0 Å². The van der Waals surface area contributed by atoms with Crippen LogP contribution in [0.25, 0.3) is 0 Å². The third-order valence-electron chi connectivity index (χ3n) is 1.83. The number of hydrogen-bond acceptors (Lipinski definition) is 3. The molecule has 0 aromatic heterocycles. The van der Waals surface area contributed by atoms with Crippen molar-refractivity contribution in [3.05, 3.63) is 0 Å². The highest BCUT2D eigenvalue weighted by Gasteiger charge is 2.14. The van der Waals surface area contributed by atoms with Crippen LogP contribution in [0.3, 0.4) is 0 Å². The van der Waals surface area contributed by atoms with Gasteiger partial charge in [-0.25, -0.2) is 0 Å². The standard InChI is InChI=1S/C7H14N2S2/c8-7(9)11-10-6-4-2-1-3-5-6/h6H,1-5H2,(H3,8,9). The van der Waals surface area contributed by atoms with E-state index in [-0.39, 0.29) is 5.17 Å². The minimum Gasteiger partial charge on any atom is -0.378 e. The summed E-state index contributed by atoms with van der Waals surface area (Å²) in [5.74, 6) is 0. The predicted molar refractivity (Wildman–Crippen MR) is 54.0 cm³/mol. The minimum absolute atomic E-state index is 0.237. The smallest absolute Gasteiger partial charge is 0.161 e. The Kier molecular flexibility index (Phi) is 4.15. The molecule has 1 fully saturated rings. The molecule has 4 heteroatoms. The summed E-state index contributed by atoms with van der Waals surface area (Å²) in [6.45, 7) is 0. The summed E-state index contributed by atoms with van der Waals surface area (Å²) in [6.07, 6.45) is 6.73. The van der Waals surface area contributed by atoms with Gasteiger partial charge in [-0.05, 0) is 23.6 Å². The van der Waals surface area contributed by atoms with Crippen molar-refractivity contribution in [1.29, 1.82) is 5.41 Å². The number of amidine groups is 1. The van der Waals surface area contributed by atoms with Crippen molar-refractivity contribution in [2.45, 2.75) is 37.4 Å². The summed E-state index contributed by atoms with van der Waals surface area (Å²) in [7, 11) is 3.19. The van der Waals surface area contributed by atoms with Crippen molar-refractivity contribution in [3.8, 4) is 0 Å². The second-order valence-electron chi connectivity index (χ2n) is 2.80. The van der Waals surface area contributed by atoms with Gasteiger partial charge in [-0.3, -0.25) is 5.41 Å². The van der Waals surface area contributed by atoms with E-state index in [0.29, 0.717) is 0 Å². The van der Waals surface area contributed by atoms with Crippen LogP contribution in [-0.2, 0) is 0 Å². The Labute approximate surface area is 75.6 Å². The monoisotopic (exact) mass is 190 g/mol. The second-order valence-corrected chi connectivity index (χ2v) is 5.35. The van der Waals surface area contributed by atoms with Gasteiger partial charge in [0.1, 0.15) is 0 Å². The lowest BCUT2D eigenvalue weighted by molar-refractivity contribution is 0.517. The molecule has 0 aromatic carbocycles. The highest BCUT2D eigenvalue weighted by atomic mass is 33.1. The lowest BCUT2D eigenvalue weighted by Gasteiger charge is -2.19. The topological polar surface area (TPSA) is 49.9 Å². The second kappa shape index (κ2) is 4.93. The maximum atomic E-state index is 7.03. The van der Waals surface area contributed by atoms with Crippen molar-refractivity contribution in [2.24, 2.45) is 5.73 Å². The van der Waals surface area contributed by atoms with Crippen molar-refractivity contribution in [2.75, 3.05) is 0 Å². The van der Waals surface area contributed by atoms with E-state index in [1.165, 1.54) is 42.9 Å². The van der Waals surface area contributed by atoms with Crippen LogP contribution in [0.2, 0.25) is 0 Å². The van der Waals surface area contributed by atoms with Gasteiger partial charge in [-0.2, -0.15) is 0 Å². The summed E-state index contributed by atoms with van der Waals surface area (Å²) in [5.41, 5.74) is 5.24. The van der Waals surface area contributed by atoms with E-state index < -0.39 is 0 Å². The van der Waals surface area contributed by atoms with E-state index in [0.717, 1.165) is 5.25 Å². The third kappa shape index (κ3) is 3.91. The molecule has 1 aliphatic rings. The van der Waals surface area contributed by atoms with E-state index in [1.54, 1.807) is 10.8 Å². The fourth-order valence-corrected chi connectivity index (χ4v) is 3.34. The van der Waals surface area contributed by atoms with E-state index in [1.807, 2.05) is 0 Å². The summed E-state index contributed by atoms with van der Waals surface area (Å²) in [5, 5.41) is 8.02. The van der Waals surface area contributed by atoms with Crippen molar-refractivity contribution in [3.63, 3.8) is 0 Å². The molecule has 1 rings (SSSR count). The Morgan fingerprint density at radius 2 is 1.91 bits per heavy atom. The molecule has 0 atom stereocenters. The van der Waals surface area contributed by atoms with Crippen molar-refractivity contribution < 1.29 is 0 Å². The fraction of sp³-hybridized carbons (Fsp3) is 0.857. The summed E-state index contributed by atoms with van der Waals surface area (Å²) < 4.78 is 0. The summed E-state index contributed by atoms with van der Waals surface area (Å²) in [4.78, 5) is 0. The zero-order valence-electron chi connectivity index (χ0n) is 6.51. The molecule has 0 bridgehead atoms. The molecule has 0 aliphatic heterocycles. The van der Waals surface area contributed by atoms with Gasteiger partial charge in [0.2, 0.25) is 0 Å². The first-order valence-electron chi connectivity index (χ1n) is 3.96. The molecule has 2 nitrogen and oxygen atoms in total. The van der Waals surface area contributed by atoms with E-state index in [9.17, 15) is 0 Å². The van der Waals surface area contributed by atoms with Crippen LogP contribution < -0.4 is 5.73 Å². The zero-order chi connectivity index (χ0) is 8.10. The number of hydrogen-bond donors (Lipinski definition) is 2. The molecule has 0 unspecified atom stereocenters. The van der Waals surface area contributed by atoms with Gasteiger partial charge in [-0.1, -0.05) is 30.1 Å². The quantitative estimate of drug-likeness (QED) is 0.400.